The highest BCUT2D eigenvalue weighted by molar-refractivity contribution is 6.35. The molecule has 2 aromatic carbocycles. The molecule has 5 atom stereocenters. The summed E-state index contributed by atoms with van der Waals surface area (Å²) in [5.74, 6) is -3.73. The number of carbonyl (C=O) groups is 4. The van der Waals surface area contributed by atoms with Gasteiger partial charge in [0.15, 0.2) is 0 Å². The van der Waals surface area contributed by atoms with Crippen LogP contribution in [-0.4, -0.2) is 90.5 Å². The molecule has 14 heteroatoms. The van der Waals surface area contributed by atoms with E-state index in [1.165, 1.54) is 30.3 Å². The first-order valence-electron chi connectivity index (χ1n) is 18.6. The van der Waals surface area contributed by atoms with Crippen molar-refractivity contribution in [1.82, 2.24) is 31.2 Å². The standard InChI is InChI=1S/C39H51ClF2N6O5/c1-5-23(3)33(36(50)43-13-14-48-15-17-53-18-16-48)46-38(52)39(12-11-31-28(22-39)27-20-26(41)21-29(40)35(27)44-31)47-37(51)34(24(4)6-2)45-32(49)19-25-9-7-8-10-30(25)42/h7-10,20-21,23-24,33-34,44H,5-6,11-19,22H2,1-4H3,(H,43,50)(H,45,49)(H,46,52)(H,47,51)/t23?,24?,33-,34-,39+/m0/s1. The van der Waals surface area contributed by atoms with Crippen LogP contribution in [0.25, 0.3) is 10.9 Å². The van der Waals surface area contributed by atoms with Gasteiger partial charge in [0.1, 0.15) is 29.3 Å². The summed E-state index contributed by atoms with van der Waals surface area (Å²) in [7, 11) is 0. The minimum absolute atomic E-state index is 0.0258. The zero-order valence-electron chi connectivity index (χ0n) is 30.9. The van der Waals surface area contributed by atoms with Crippen molar-refractivity contribution in [3.05, 3.63) is 69.9 Å². The Morgan fingerprint density at radius 1 is 0.981 bits per heavy atom. The van der Waals surface area contributed by atoms with Crippen LogP contribution in [0.1, 0.15) is 63.8 Å². The molecule has 2 aliphatic rings. The molecule has 0 radical (unpaired) electrons. The van der Waals surface area contributed by atoms with Gasteiger partial charge in [0.05, 0.1) is 30.2 Å². The van der Waals surface area contributed by atoms with Crippen LogP contribution in [0.2, 0.25) is 5.02 Å². The Balaban J connectivity index is 1.43. The van der Waals surface area contributed by atoms with E-state index in [0.717, 1.165) is 18.8 Å². The zero-order valence-corrected chi connectivity index (χ0v) is 31.6. The van der Waals surface area contributed by atoms with E-state index in [4.69, 9.17) is 16.3 Å². The molecule has 0 spiro atoms. The number of aromatic amines is 1. The number of aromatic nitrogens is 1. The Morgan fingerprint density at radius 3 is 2.34 bits per heavy atom. The summed E-state index contributed by atoms with van der Waals surface area (Å²) in [6, 6.07) is 6.52. The maximum absolute atomic E-state index is 14.7. The lowest BCUT2D eigenvalue weighted by molar-refractivity contribution is -0.139. The van der Waals surface area contributed by atoms with Crippen molar-refractivity contribution >= 4 is 46.1 Å². The van der Waals surface area contributed by atoms with Crippen LogP contribution in [0.3, 0.4) is 0 Å². The van der Waals surface area contributed by atoms with Crippen molar-refractivity contribution in [2.75, 3.05) is 39.4 Å². The van der Waals surface area contributed by atoms with E-state index in [2.05, 4.69) is 31.2 Å². The van der Waals surface area contributed by atoms with Crippen molar-refractivity contribution < 1.29 is 32.7 Å². The molecule has 288 valence electrons. The summed E-state index contributed by atoms with van der Waals surface area (Å²) in [6.07, 6.45) is 1.26. The predicted molar refractivity (Wildman–Crippen MR) is 199 cm³/mol. The Hall–Kier alpha value is -4.07. The molecule has 1 aliphatic carbocycles. The number of ether oxygens (including phenoxy) is 1. The van der Waals surface area contributed by atoms with E-state index in [9.17, 15) is 28.0 Å². The lowest BCUT2D eigenvalue weighted by Crippen LogP contribution is -2.67. The number of fused-ring (bicyclic) bond motifs is 3. The molecular weight excluding hydrogens is 706 g/mol. The van der Waals surface area contributed by atoms with E-state index >= 15 is 0 Å². The van der Waals surface area contributed by atoms with E-state index in [1.54, 1.807) is 6.07 Å². The SMILES string of the molecule is CCC(C)[C@H](NC(=O)Cc1ccccc1F)C(=O)N[C@]1(C(=O)N[C@H](C(=O)NCCN2CCOCC2)C(C)CC)CCc2[nH]c3c(Cl)cc(F)cc3c2C1. The third-order valence-corrected chi connectivity index (χ3v) is 11.1. The fraction of sp³-hybridized carbons (Fsp3) is 0.538. The second kappa shape index (κ2) is 17.8. The second-order valence-corrected chi connectivity index (χ2v) is 14.8. The average Bonchev–Trinajstić information content (AvgIpc) is 3.51. The summed E-state index contributed by atoms with van der Waals surface area (Å²) in [6.45, 7) is 11.3. The highest BCUT2D eigenvalue weighted by Crippen LogP contribution is 2.37. The molecule has 2 unspecified atom stereocenters. The van der Waals surface area contributed by atoms with Gasteiger partial charge < -0.3 is 31.0 Å². The van der Waals surface area contributed by atoms with Gasteiger partial charge in [-0.3, -0.25) is 24.1 Å². The van der Waals surface area contributed by atoms with Gasteiger partial charge in [-0.05, 0) is 54.0 Å². The predicted octanol–water partition coefficient (Wildman–Crippen LogP) is 4.20. The number of nitrogens with one attached hydrogen (secondary N) is 5. The van der Waals surface area contributed by atoms with E-state index in [-0.39, 0.29) is 47.6 Å². The molecule has 3 aromatic rings. The summed E-state index contributed by atoms with van der Waals surface area (Å²) < 4.78 is 34.5. The first-order valence-corrected chi connectivity index (χ1v) is 19.0. The molecule has 0 bridgehead atoms. The normalized spacial score (nSPS) is 19.8. The lowest BCUT2D eigenvalue weighted by Gasteiger charge is -2.39. The highest BCUT2D eigenvalue weighted by atomic mass is 35.5. The second-order valence-electron chi connectivity index (χ2n) is 14.4. The van der Waals surface area contributed by atoms with Gasteiger partial charge in [-0.2, -0.15) is 0 Å². The molecule has 0 saturated carbocycles. The Morgan fingerprint density at radius 2 is 1.66 bits per heavy atom. The number of amides is 4. The van der Waals surface area contributed by atoms with Crippen molar-refractivity contribution in [2.45, 2.75) is 83.8 Å². The first-order chi connectivity index (χ1) is 25.3. The van der Waals surface area contributed by atoms with Crippen LogP contribution in [-0.2, 0) is 43.2 Å². The van der Waals surface area contributed by atoms with Crippen molar-refractivity contribution in [2.24, 2.45) is 11.8 Å². The van der Waals surface area contributed by atoms with Crippen LogP contribution < -0.4 is 21.3 Å². The molecular formula is C39H51ClF2N6O5. The number of carbonyl (C=O) groups excluding carboxylic acids is 4. The van der Waals surface area contributed by atoms with Gasteiger partial charge in [-0.1, -0.05) is 70.3 Å². The molecule has 4 amide bonds. The summed E-state index contributed by atoms with van der Waals surface area (Å²) in [5.41, 5.74) is 0.520. The number of benzene rings is 2. The van der Waals surface area contributed by atoms with Crippen LogP contribution in [0.15, 0.2) is 36.4 Å². The van der Waals surface area contributed by atoms with Gasteiger partial charge in [0, 0.05) is 43.7 Å². The topological polar surface area (TPSA) is 145 Å². The number of hydrogen-bond acceptors (Lipinski definition) is 6. The fourth-order valence-electron chi connectivity index (χ4n) is 7.14. The monoisotopic (exact) mass is 756 g/mol. The van der Waals surface area contributed by atoms with E-state index in [1.807, 2.05) is 27.7 Å². The maximum atomic E-state index is 14.7. The molecule has 1 aliphatic heterocycles. The van der Waals surface area contributed by atoms with Crippen molar-refractivity contribution in [3.63, 3.8) is 0 Å². The lowest BCUT2D eigenvalue weighted by atomic mass is 9.78. The summed E-state index contributed by atoms with van der Waals surface area (Å²) in [5, 5.41) is 12.4. The van der Waals surface area contributed by atoms with Crippen molar-refractivity contribution in [3.8, 4) is 0 Å². The summed E-state index contributed by atoms with van der Waals surface area (Å²) >= 11 is 6.42. The number of morpholine rings is 1. The average molecular weight is 757 g/mol. The van der Waals surface area contributed by atoms with Gasteiger partial charge in [0.25, 0.3) is 0 Å². The van der Waals surface area contributed by atoms with Gasteiger partial charge in [-0.15, -0.1) is 0 Å². The summed E-state index contributed by atoms with van der Waals surface area (Å²) in [4.78, 5) is 61.4. The largest absolute Gasteiger partial charge is 0.379 e. The number of rotatable bonds is 15. The third-order valence-electron chi connectivity index (χ3n) is 10.8. The van der Waals surface area contributed by atoms with Crippen LogP contribution >= 0.6 is 11.6 Å². The van der Waals surface area contributed by atoms with Crippen molar-refractivity contribution in [1.29, 1.82) is 0 Å². The van der Waals surface area contributed by atoms with E-state index < -0.39 is 47.0 Å². The zero-order chi connectivity index (χ0) is 38.3. The van der Waals surface area contributed by atoms with Gasteiger partial charge in [0.2, 0.25) is 23.6 Å². The third kappa shape index (κ3) is 9.54. The molecule has 5 rings (SSSR count). The smallest absolute Gasteiger partial charge is 0.246 e. The molecule has 1 aromatic heterocycles. The Bertz CT molecular complexity index is 1800. The number of halogens is 3. The number of H-pyrrole nitrogens is 1. The Labute approximate surface area is 314 Å². The molecule has 11 nitrogen and oxygen atoms in total. The van der Waals surface area contributed by atoms with Crippen LogP contribution in [0, 0.1) is 23.5 Å². The van der Waals surface area contributed by atoms with Crippen LogP contribution in [0.5, 0.6) is 0 Å². The van der Waals surface area contributed by atoms with Gasteiger partial charge in [-0.25, -0.2) is 8.78 Å². The molecule has 1 fully saturated rings. The highest BCUT2D eigenvalue weighted by Gasteiger charge is 2.47. The minimum Gasteiger partial charge on any atom is -0.379 e. The molecule has 1 saturated heterocycles. The molecule has 5 N–H and O–H groups in total. The van der Waals surface area contributed by atoms with Gasteiger partial charge >= 0.3 is 0 Å². The maximum Gasteiger partial charge on any atom is 0.246 e. The minimum atomic E-state index is -1.58. The number of aryl methyl sites for hydroxylation is 1. The van der Waals surface area contributed by atoms with E-state index in [0.29, 0.717) is 62.0 Å². The number of hydrogen-bond donors (Lipinski definition) is 5. The van der Waals surface area contributed by atoms with Crippen LogP contribution in [0.4, 0.5) is 8.78 Å². The quantitative estimate of drug-likeness (QED) is 0.157. The number of nitrogens with zero attached hydrogens (tertiary/aromatic N) is 1. The Kier molecular flexibility index (Phi) is 13.5. The molecule has 2 heterocycles. The first kappa shape index (κ1) is 40.1. The molecule has 53 heavy (non-hydrogen) atoms. The fourth-order valence-corrected chi connectivity index (χ4v) is 7.39.